The first-order valence-corrected chi connectivity index (χ1v) is 10.3. The van der Waals surface area contributed by atoms with E-state index in [1.807, 2.05) is 31.2 Å². The van der Waals surface area contributed by atoms with E-state index in [1.54, 1.807) is 30.6 Å². The molecule has 0 atom stereocenters. The Morgan fingerprint density at radius 1 is 0.969 bits per heavy atom. The second-order valence-corrected chi connectivity index (χ2v) is 7.34. The number of hydrogen-bond acceptors (Lipinski definition) is 7. The Morgan fingerprint density at radius 3 is 2.31 bits per heavy atom. The monoisotopic (exact) mass is 429 g/mol. The van der Waals surface area contributed by atoms with Crippen LogP contribution in [0.3, 0.4) is 0 Å². The highest BCUT2D eigenvalue weighted by molar-refractivity contribution is 5.90. The van der Waals surface area contributed by atoms with Crippen LogP contribution >= 0.6 is 0 Å². The first-order chi connectivity index (χ1) is 15.6. The second kappa shape index (κ2) is 9.82. The number of hydrogen-bond donors (Lipinski definition) is 1. The average Bonchev–Trinajstić information content (AvgIpc) is 2.81. The number of rotatable bonds is 9. The molecule has 2 heterocycles. The second-order valence-electron chi connectivity index (χ2n) is 7.34. The molecule has 1 N–H and O–H groups in total. The van der Waals surface area contributed by atoms with E-state index in [9.17, 15) is 9.90 Å². The van der Waals surface area contributed by atoms with Gasteiger partial charge in [0, 0.05) is 25.5 Å². The Morgan fingerprint density at radius 2 is 1.62 bits per heavy atom. The van der Waals surface area contributed by atoms with Gasteiger partial charge in [0.2, 0.25) is 17.5 Å². The molecule has 4 rings (SSSR count). The van der Waals surface area contributed by atoms with Gasteiger partial charge in [-0.25, -0.2) is 24.7 Å². The maximum Gasteiger partial charge on any atom is 0.360 e. The van der Waals surface area contributed by atoms with Crippen molar-refractivity contribution < 1.29 is 14.6 Å². The molecule has 0 saturated carbocycles. The molecule has 162 valence electrons. The number of carbonyl (C=O) groups is 1. The SMILES string of the molecule is Cc1cnc(N(CCCOc2nc3ccccc3nc2C(=O)O)Cc2ccccc2)nc1. The third kappa shape index (κ3) is 5.15. The van der Waals surface area contributed by atoms with Crippen molar-refractivity contribution in [2.24, 2.45) is 0 Å². The molecule has 8 nitrogen and oxygen atoms in total. The Bertz CT molecular complexity index is 1200. The number of fused-ring (bicyclic) bond motifs is 1. The summed E-state index contributed by atoms with van der Waals surface area (Å²) in [6, 6.07) is 17.2. The summed E-state index contributed by atoms with van der Waals surface area (Å²) < 4.78 is 5.74. The fourth-order valence-electron chi connectivity index (χ4n) is 3.25. The summed E-state index contributed by atoms with van der Waals surface area (Å²) in [4.78, 5) is 31.1. The lowest BCUT2D eigenvalue weighted by molar-refractivity contribution is 0.0684. The molecule has 4 aromatic rings. The number of nitrogens with zero attached hydrogens (tertiary/aromatic N) is 5. The van der Waals surface area contributed by atoms with Gasteiger partial charge in [-0.2, -0.15) is 0 Å². The van der Waals surface area contributed by atoms with Crippen LogP contribution in [0.4, 0.5) is 5.95 Å². The quantitative estimate of drug-likeness (QED) is 0.400. The number of anilines is 1. The molecular weight excluding hydrogens is 406 g/mol. The van der Waals surface area contributed by atoms with Crippen molar-refractivity contribution in [3.05, 3.63) is 83.8 Å². The van der Waals surface area contributed by atoms with Gasteiger partial charge in [0.05, 0.1) is 17.6 Å². The Kier molecular flexibility index (Phi) is 6.50. The molecule has 0 amide bonds. The van der Waals surface area contributed by atoms with E-state index in [-0.39, 0.29) is 18.2 Å². The van der Waals surface area contributed by atoms with E-state index in [0.29, 0.717) is 36.5 Å². The molecule has 0 spiro atoms. The first kappa shape index (κ1) is 21.2. The molecule has 32 heavy (non-hydrogen) atoms. The molecule has 8 heteroatoms. The van der Waals surface area contributed by atoms with E-state index in [1.165, 1.54) is 0 Å². The van der Waals surface area contributed by atoms with Crippen LogP contribution in [0.15, 0.2) is 67.0 Å². The van der Waals surface area contributed by atoms with Crippen molar-refractivity contribution in [2.75, 3.05) is 18.1 Å². The van der Waals surface area contributed by atoms with Gasteiger partial charge in [-0.3, -0.25) is 0 Å². The van der Waals surface area contributed by atoms with Crippen LogP contribution in [-0.2, 0) is 6.54 Å². The highest BCUT2D eigenvalue weighted by Crippen LogP contribution is 2.19. The van der Waals surface area contributed by atoms with Crippen molar-refractivity contribution in [3.63, 3.8) is 0 Å². The number of ether oxygens (including phenoxy) is 1. The first-order valence-electron chi connectivity index (χ1n) is 10.3. The largest absolute Gasteiger partial charge is 0.476 e. The van der Waals surface area contributed by atoms with E-state index in [2.05, 4.69) is 37.0 Å². The standard InChI is InChI=1S/C24H23N5O3/c1-17-14-25-24(26-15-17)29(16-18-8-3-2-4-9-18)12-7-13-32-22-21(23(30)31)27-19-10-5-6-11-20(19)28-22/h2-6,8-11,14-15H,7,12-13,16H2,1H3,(H,30,31). The van der Waals surface area contributed by atoms with Crippen LogP contribution in [0.5, 0.6) is 5.88 Å². The smallest absolute Gasteiger partial charge is 0.360 e. The predicted molar refractivity (Wildman–Crippen MR) is 121 cm³/mol. The number of benzene rings is 2. The molecule has 0 aliphatic carbocycles. The van der Waals surface area contributed by atoms with Gasteiger partial charge in [0.25, 0.3) is 0 Å². The van der Waals surface area contributed by atoms with Crippen LogP contribution in [-0.4, -0.2) is 44.2 Å². The summed E-state index contributed by atoms with van der Waals surface area (Å²) in [7, 11) is 0. The molecule has 0 aliphatic rings. The lowest BCUT2D eigenvalue weighted by atomic mass is 10.2. The molecule has 0 aliphatic heterocycles. The minimum Gasteiger partial charge on any atom is -0.476 e. The van der Waals surface area contributed by atoms with E-state index in [0.717, 1.165) is 11.1 Å². The summed E-state index contributed by atoms with van der Waals surface area (Å²) in [6.07, 6.45) is 4.21. The van der Waals surface area contributed by atoms with Gasteiger partial charge in [0.1, 0.15) is 0 Å². The summed E-state index contributed by atoms with van der Waals surface area (Å²) >= 11 is 0. The molecular formula is C24H23N5O3. The Balaban J connectivity index is 1.45. The number of para-hydroxylation sites is 2. The van der Waals surface area contributed by atoms with Gasteiger partial charge >= 0.3 is 5.97 Å². The van der Waals surface area contributed by atoms with Crippen LogP contribution in [0.1, 0.15) is 28.0 Å². The lowest BCUT2D eigenvalue weighted by Gasteiger charge is -2.23. The Hall–Kier alpha value is -4.07. The van der Waals surface area contributed by atoms with Crippen molar-refractivity contribution in [1.29, 1.82) is 0 Å². The number of carboxylic acid groups (broad SMARTS) is 1. The Labute approximate surface area is 185 Å². The van der Waals surface area contributed by atoms with E-state index >= 15 is 0 Å². The maximum atomic E-state index is 11.6. The molecule has 0 radical (unpaired) electrons. The van der Waals surface area contributed by atoms with Crippen LogP contribution in [0.2, 0.25) is 0 Å². The molecule has 0 bridgehead atoms. The van der Waals surface area contributed by atoms with E-state index < -0.39 is 5.97 Å². The fraction of sp³-hybridized carbons (Fsp3) is 0.208. The molecule has 0 fully saturated rings. The summed E-state index contributed by atoms with van der Waals surface area (Å²) in [6.45, 7) is 3.51. The van der Waals surface area contributed by atoms with Crippen molar-refractivity contribution in [3.8, 4) is 5.88 Å². The predicted octanol–water partition coefficient (Wildman–Crippen LogP) is 3.90. The van der Waals surface area contributed by atoms with Crippen molar-refractivity contribution in [1.82, 2.24) is 19.9 Å². The zero-order valence-corrected chi connectivity index (χ0v) is 17.7. The highest BCUT2D eigenvalue weighted by Gasteiger charge is 2.17. The molecule has 0 saturated heterocycles. The minimum absolute atomic E-state index is 0.0254. The highest BCUT2D eigenvalue weighted by atomic mass is 16.5. The van der Waals surface area contributed by atoms with Crippen LogP contribution in [0.25, 0.3) is 11.0 Å². The lowest BCUT2D eigenvalue weighted by Crippen LogP contribution is -2.27. The van der Waals surface area contributed by atoms with Crippen molar-refractivity contribution >= 4 is 23.0 Å². The van der Waals surface area contributed by atoms with Gasteiger partial charge in [-0.1, -0.05) is 42.5 Å². The van der Waals surface area contributed by atoms with Gasteiger partial charge in [-0.15, -0.1) is 0 Å². The summed E-state index contributed by atoms with van der Waals surface area (Å²) in [5.41, 5.74) is 3.06. The van der Waals surface area contributed by atoms with Crippen LogP contribution < -0.4 is 9.64 Å². The number of carboxylic acids is 1. The average molecular weight is 429 g/mol. The maximum absolute atomic E-state index is 11.6. The fourth-order valence-corrected chi connectivity index (χ4v) is 3.25. The zero-order valence-electron chi connectivity index (χ0n) is 17.7. The zero-order chi connectivity index (χ0) is 22.3. The summed E-state index contributed by atoms with van der Waals surface area (Å²) in [5.74, 6) is -0.509. The van der Waals surface area contributed by atoms with Crippen molar-refractivity contribution in [2.45, 2.75) is 19.9 Å². The number of aromatic carboxylic acids is 1. The topological polar surface area (TPSA) is 101 Å². The van der Waals surface area contributed by atoms with Gasteiger partial charge < -0.3 is 14.7 Å². The third-order valence-electron chi connectivity index (χ3n) is 4.82. The third-order valence-corrected chi connectivity index (χ3v) is 4.82. The van der Waals surface area contributed by atoms with Gasteiger partial charge in [-0.05, 0) is 36.6 Å². The molecule has 2 aromatic carbocycles. The minimum atomic E-state index is -1.17. The van der Waals surface area contributed by atoms with E-state index in [4.69, 9.17) is 4.74 Å². The summed E-state index contributed by atoms with van der Waals surface area (Å²) in [5, 5.41) is 9.50. The number of aryl methyl sites for hydroxylation is 1. The molecule has 0 unspecified atom stereocenters. The van der Waals surface area contributed by atoms with Crippen LogP contribution in [0, 0.1) is 6.92 Å². The normalized spacial score (nSPS) is 10.8. The number of aromatic nitrogens is 4. The van der Waals surface area contributed by atoms with Gasteiger partial charge in [0.15, 0.2) is 0 Å². The molecule has 2 aromatic heterocycles.